The molecule has 2 aromatic carbocycles. The molecule has 0 radical (unpaired) electrons. The molecule has 0 bridgehead atoms. The van der Waals surface area contributed by atoms with Crippen molar-refractivity contribution in [3.8, 4) is 16.9 Å². The molecule has 0 aliphatic heterocycles. The predicted molar refractivity (Wildman–Crippen MR) is 120 cm³/mol. The average Bonchev–Trinajstić information content (AvgIpc) is 3.17. The van der Waals surface area contributed by atoms with Crippen molar-refractivity contribution >= 4 is 28.2 Å². The number of rotatable bonds is 9. The van der Waals surface area contributed by atoms with Gasteiger partial charge in [0.05, 0.1) is 19.6 Å². The molecule has 0 fully saturated rings. The molecule has 1 aromatic heterocycles. The van der Waals surface area contributed by atoms with Crippen molar-refractivity contribution in [3.63, 3.8) is 0 Å². The van der Waals surface area contributed by atoms with Crippen LogP contribution in [0, 0.1) is 0 Å². The summed E-state index contributed by atoms with van der Waals surface area (Å²) in [5.74, 6) is 0.156. The minimum atomic E-state index is -0.449. The molecule has 1 amide bonds. The van der Waals surface area contributed by atoms with Crippen LogP contribution >= 0.6 is 11.3 Å². The lowest BCUT2D eigenvalue weighted by Crippen LogP contribution is -2.16. The summed E-state index contributed by atoms with van der Waals surface area (Å²) in [4.78, 5) is 25.2. The van der Waals surface area contributed by atoms with Crippen molar-refractivity contribution in [3.05, 3.63) is 71.1 Å². The fraction of sp³-hybridized carbons (Fsp3) is 0.250. The van der Waals surface area contributed by atoms with Crippen LogP contribution in [0.5, 0.6) is 5.75 Å². The largest absolute Gasteiger partial charge is 0.494 e. The van der Waals surface area contributed by atoms with Gasteiger partial charge in [0, 0.05) is 10.9 Å². The van der Waals surface area contributed by atoms with Crippen molar-refractivity contribution in [1.29, 1.82) is 0 Å². The van der Waals surface area contributed by atoms with Crippen molar-refractivity contribution in [2.24, 2.45) is 0 Å². The fourth-order valence-corrected chi connectivity index (χ4v) is 3.94. The zero-order valence-electron chi connectivity index (χ0n) is 17.1. The molecule has 30 heavy (non-hydrogen) atoms. The Hall–Kier alpha value is -3.12. The van der Waals surface area contributed by atoms with Gasteiger partial charge >= 0.3 is 5.97 Å². The van der Waals surface area contributed by atoms with Gasteiger partial charge in [-0.2, -0.15) is 0 Å². The van der Waals surface area contributed by atoms with E-state index < -0.39 is 5.97 Å². The fourth-order valence-electron chi connectivity index (χ4n) is 2.97. The SMILES string of the molecule is CCCOc1ccc(-c2csc(NC(=O)Cc3ccccc3)c2C(=O)OCC)cc1. The van der Waals surface area contributed by atoms with Crippen LogP contribution in [0.15, 0.2) is 60.0 Å². The standard InChI is InChI=1S/C24H25NO4S/c1-3-14-29-19-12-10-18(11-13-19)20-16-30-23(22(20)24(27)28-4-2)25-21(26)15-17-8-6-5-7-9-17/h5-13,16H,3-4,14-15H2,1-2H3,(H,25,26). The Morgan fingerprint density at radius 2 is 1.73 bits per heavy atom. The maximum Gasteiger partial charge on any atom is 0.341 e. The number of carbonyl (C=O) groups is 2. The highest BCUT2D eigenvalue weighted by atomic mass is 32.1. The molecule has 0 spiro atoms. The molecule has 1 heterocycles. The van der Waals surface area contributed by atoms with E-state index in [1.165, 1.54) is 11.3 Å². The molecule has 0 unspecified atom stereocenters. The predicted octanol–water partition coefficient (Wildman–Crippen LogP) is 5.56. The number of anilines is 1. The van der Waals surface area contributed by atoms with E-state index in [9.17, 15) is 9.59 Å². The van der Waals surface area contributed by atoms with Crippen LogP contribution in [0.4, 0.5) is 5.00 Å². The number of hydrogen-bond acceptors (Lipinski definition) is 5. The number of ether oxygens (including phenoxy) is 2. The molecule has 0 aliphatic rings. The van der Waals surface area contributed by atoms with Crippen molar-refractivity contribution in [2.75, 3.05) is 18.5 Å². The lowest BCUT2D eigenvalue weighted by Gasteiger charge is -2.10. The molecule has 0 saturated carbocycles. The highest BCUT2D eigenvalue weighted by molar-refractivity contribution is 7.15. The van der Waals surface area contributed by atoms with Crippen LogP contribution in [0.2, 0.25) is 0 Å². The van der Waals surface area contributed by atoms with Crippen LogP contribution in [0.25, 0.3) is 11.1 Å². The van der Waals surface area contributed by atoms with Gasteiger partial charge < -0.3 is 14.8 Å². The minimum absolute atomic E-state index is 0.177. The Balaban J connectivity index is 1.84. The molecule has 5 nitrogen and oxygen atoms in total. The Morgan fingerprint density at radius 1 is 1.00 bits per heavy atom. The number of nitrogens with one attached hydrogen (secondary N) is 1. The summed E-state index contributed by atoms with van der Waals surface area (Å²) in [7, 11) is 0. The van der Waals surface area contributed by atoms with Gasteiger partial charge in [0.25, 0.3) is 0 Å². The molecule has 3 rings (SSSR count). The minimum Gasteiger partial charge on any atom is -0.494 e. The summed E-state index contributed by atoms with van der Waals surface area (Å²) in [5.41, 5.74) is 2.88. The molecule has 6 heteroatoms. The van der Waals surface area contributed by atoms with E-state index >= 15 is 0 Å². The van der Waals surface area contributed by atoms with Crippen molar-refractivity contribution in [2.45, 2.75) is 26.7 Å². The quantitative estimate of drug-likeness (QED) is 0.458. The summed E-state index contributed by atoms with van der Waals surface area (Å²) in [6.45, 7) is 4.73. The van der Waals surface area contributed by atoms with E-state index in [0.717, 1.165) is 28.9 Å². The lowest BCUT2D eigenvalue weighted by atomic mass is 10.0. The molecule has 0 aliphatic carbocycles. The second kappa shape index (κ2) is 10.6. The lowest BCUT2D eigenvalue weighted by molar-refractivity contribution is -0.115. The van der Waals surface area contributed by atoms with Gasteiger partial charge in [0.15, 0.2) is 0 Å². The molecule has 1 N–H and O–H groups in total. The van der Waals surface area contributed by atoms with E-state index in [1.54, 1.807) is 6.92 Å². The second-order valence-electron chi connectivity index (χ2n) is 6.66. The molecule has 3 aromatic rings. The second-order valence-corrected chi connectivity index (χ2v) is 7.54. The highest BCUT2D eigenvalue weighted by Gasteiger charge is 2.23. The van der Waals surface area contributed by atoms with Gasteiger partial charge in [-0.05, 0) is 36.6 Å². The third-order valence-corrected chi connectivity index (χ3v) is 5.26. The Kier molecular flexibility index (Phi) is 7.63. The summed E-state index contributed by atoms with van der Waals surface area (Å²) in [6, 6.07) is 17.1. The number of carbonyl (C=O) groups excluding carboxylic acids is 2. The van der Waals surface area contributed by atoms with Gasteiger partial charge in [-0.1, -0.05) is 49.4 Å². The van der Waals surface area contributed by atoms with Crippen LogP contribution < -0.4 is 10.1 Å². The third-order valence-electron chi connectivity index (χ3n) is 4.37. The Bertz CT molecular complexity index is 980. The van der Waals surface area contributed by atoms with Gasteiger partial charge in [0.1, 0.15) is 16.3 Å². The normalized spacial score (nSPS) is 10.5. The zero-order chi connectivity index (χ0) is 21.3. The van der Waals surface area contributed by atoms with E-state index in [-0.39, 0.29) is 18.9 Å². The van der Waals surface area contributed by atoms with E-state index in [0.29, 0.717) is 17.2 Å². The summed E-state index contributed by atoms with van der Waals surface area (Å²) in [5, 5.41) is 5.25. The zero-order valence-corrected chi connectivity index (χ0v) is 18.0. The highest BCUT2D eigenvalue weighted by Crippen LogP contribution is 2.37. The number of thiophene rings is 1. The average molecular weight is 424 g/mol. The van der Waals surface area contributed by atoms with Gasteiger partial charge in [-0.15, -0.1) is 11.3 Å². The third kappa shape index (κ3) is 5.48. The summed E-state index contributed by atoms with van der Waals surface area (Å²) in [6.07, 6.45) is 1.17. The van der Waals surface area contributed by atoms with E-state index in [4.69, 9.17) is 9.47 Å². The van der Waals surface area contributed by atoms with E-state index in [2.05, 4.69) is 12.2 Å². The smallest absolute Gasteiger partial charge is 0.341 e. The monoisotopic (exact) mass is 423 g/mol. The van der Waals surface area contributed by atoms with Crippen LogP contribution in [-0.2, 0) is 16.0 Å². The number of esters is 1. The first-order valence-electron chi connectivity index (χ1n) is 9.98. The molecular weight excluding hydrogens is 398 g/mol. The summed E-state index contributed by atoms with van der Waals surface area (Å²) < 4.78 is 10.9. The van der Waals surface area contributed by atoms with E-state index in [1.807, 2.05) is 60.0 Å². The Labute approximate surface area is 180 Å². The molecule has 156 valence electrons. The maximum atomic E-state index is 12.7. The summed E-state index contributed by atoms with van der Waals surface area (Å²) >= 11 is 1.32. The first kappa shape index (κ1) is 21.6. The molecule has 0 atom stereocenters. The molecule has 0 saturated heterocycles. The van der Waals surface area contributed by atoms with Crippen molar-refractivity contribution < 1.29 is 19.1 Å². The Morgan fingerprint density at radius 3 is 2.40 bits per heavy atom. The van der Waals surface area contributed by atoms with Crippen LogP contribution in [0.1, 0.15) is 36.2 Å². The van der Waals surface area contributed by atoms with Gasteiger partial charge in [-0.25, -0.2) is 4.79 Å². The van der Waals surface area contributed by atoms with Gasteiger partial charge in [0.2, 0.25) is 5.91 Å². The number of amides is 1. The first-order chi connectivity index (χ1) is 14.6. The number of benzene rings is 2. The van der Waals surface area contributed by atoms with Gasteiger partial charge in [-0.3, -0.25) is 4.79 Å². The number of hydrogen-bond donors (Lipinski definition) is 1. The molecular formula is C24H25NO4S. The topological polar surface area (TPSA) is 64.6 Å². The first-order valence-corrected chi connectivity index (χ1v) is 10.9. The van der Waals surface area contributed by atoms with Crippen LogP contribution in [-0.4, -0.2) is 25.1 Å². The van der Waals surface area contributed by atoms with Crippen LogP contribution in [0.3, 0.4) is 0 Å². The van der Waals surface area contributed by atoms with Crippen molar-refractivity contribution in [1.82, 2.24) is 0 Å². The maximum absolute atomic E-state index is 12.7.